The highest BCUT2D eigenvalue weighted by atomic mass is 16.5. The molecule has 3 rings (SSSR count). The van der Waals surface area contributed by atoms with Crippen LogP contribution in [0, 0.1) is 0 Å². The lowest BCUT2D eigenvalue weighted by Gasteiger charge is -2.35. The Bertz CT molecular complexity index is 811. The highest BCUT2D eigenvalue weighted by Gasteiger charge is 2.24. The van der Waals surface area contributed by atoms with Gasteiger partial charge in [0.2, 0.25) is 0 Å². The summed E-state index contributed by atoms with van der Waals surface area (Å²) in [6, 6.07) is 9.08. The average Bonchev–Trinajstić information content (AvgIpc) is 3.28. The summed E-state index contributed by atoms with van der Waals surface area (Å²) in [5.74, 6) is 1.51. The van der Waals surface area contributed by atoms with E-state index in [0.29, 0.717) is 50.0 Å². The third-order valence-electron chi connectivity index (χ3n) is 4.84. The van der Waals surface area contributed by atoms with E-state index < -0.39 is 6.10 Å². The summed E-state index contributed by atoms with van der Waals surface area (Å²) >= 11 is 0. The van der Waals surface area contributed by atoms with Gasteiger partial charge in [0.25, 0.3) is 5.91 Å². The molecule has 1 amide bonds. The minimum Gasteiger partial charge on any atom is -0.493 e. The third-order valence-corrected chi connectivity index (χ3v) is 4.84. The van der Waals surface area contributed by atoms with Crippen molar-refractivity contribution in [2.75, 3.05) is 46.4 Å². The molecule has 0 bridgehead atoms. The normalized spacial score (nSPS) is 16.2. The zero-order valence-corrected chi connectivity index (χ0v) is 16.9. The number of carbonyl (C=O) groups is 1. The van der Waals surface area contributed by atoms with Gasteiger partial charge >= 0.3 is 0 Å². The van der Waals surface area contributed by atoms with Gasteiger partial charge in [0.15, 0.2) is 17.3 Å². The van der Waals surface area contributed by atoms with E-state index in [9.17, 15) is 9.90 Å². The Morgan fingerprint density at radius 2 is 2.03 bits per heavy atom. The highest BCUT2D eigenvalue weighted by molar-refractivity contribution is 5.91. The number of carbonyl (C=O) groups excluding carboxylic acids is 1. The molecule has 0 spiro atoms. The van der Waals surface area contributed by atoms with Gasteiger partial charge in [-0.2, -0.15) is 0 Å². The number of aliphatic hydroxyl groups excluding tert-OH is 1. The van der Waals surface area contributed by atoms with E-state index >= 15 is 0 Å². The molecule has 1 unspecified atom stereocenters. The number of β-amino-alcohol motifs (C(OH)–C–C–N with tert-alkyl or cyclic N) is 1. The molecule has 1 fully saturated rings. The van der Waals surface area contributed by atoms with Crippen molar-refractivity contribution >= 4 is 12.0 Å². The molecule has 156 valence electrons. The minimum atomic E-state index is -0.637. The Morgan fingerprint density at radius 1 is 1.24 bits per heavy atom. The number of benzene rings is 1. The van der Waals surface area contributed by atoms with Crippen molar-refractivity contribution in [3.05, 3.63) is 54.0 Å². The lowest BCUT2D eigenvalue weighted by molar-refractivity contribution is 0.0386. The van der Waals surface area contributed by atoms with E-state index in [-0.39, 0.29) is 12.5 Å². The summed E-state index contributed by atoms with van der Waals surface area (Å²) in [6.07, 6.45) is 4.81. The smallest absolute Gasteiger partial charge is 0.289 e. The molecule has 0 radical (unpaired) electrons. The van der Waals surface area contributed by atoms with Gasteiger partial charge in [-0.1, -0.05) is 18.2 Å². The van der Waals surface area contributed by atoms with Crippen molar-refractivity contribution in [2.45, 2.75) is 13.0 Å². The van der Waals surface area contributed by atoms with Gasteiger partial charge < -0.3 is 23.9 Å². The number of nitrogens with zero attached hydrogens (tertiary/aromatic N) is 2. The first-order valence-corrected chi connectivity index (χ1v) is 9.77. The summed E-state index contributed by atoms with van der Waals surface area (Å²) in [7, 11) is 1.60. The van der Waals surface area contributed by atoms with Crippen molar-refractivity contribution in [2.24, 2.45) is 0 Å². The monoisotopic (exact) mass is 400 g/mol. The third kappa shape index (κ3) is 5.62. The van der Waals surface area contributed by atoms with E-state index in [1.165, 1.54) is 6.26 Å². The molecule has 1 aliphatic heterocycles. The minimum absolute atomic E-state index is 0.0907. The highest BCUT2D eigenvalue weighted by Crippen LogP contribution is 2.28. The Balaban J connectivity index is 1.45. The number of methoxy groups -OCH3 is 1. The molecule has 2 heterocycles. The molecular weight excluding hydrogens is 372 g/mol. The van der Waals surface area contributed by atoms with Crippen LogP contribution in [0.3, 0.4) is 0 Å². The molecule has 1 aromatic carbocycles. The topological polar surface area (TPSA) is 75.4 Å². The van der Waals surface area contributed by atoms with Gasteiger partial charge in [0.05, 0.1) is 13.4 Å². The number of aliphatic hydroxyl groups is 1. The summed E-state index contributed by atoms with van der Waals surface area (Å²) in [4.78, 5) is 16.2. The number of ether oxygens (including phenoxy) is 2. The molecule has 1 saturated heterocycles. The van der Waals surface area contributed by atoms with Crippen molar-refractivity contribution in [3.8, 4) is 11.5 Å². The van der Waals surface area contributed by atoms with Crippen LogP contribution in [0.1, 0.15) is 23.0 Å². The first-order chi connectivity index (χ1) is 14.1. The van der Waals surface area contributed by atoms with Gasteiger partial charge in [0, 0.05) is 32.7 Å². The fourth-order valence-electron chi connectivity index (χ4n) is 3.33. The number of piperazine rings is 1. The van der Waals surface area contributed by atoms with E-state index in [0.717, 1.165) is 5.56 Å². The Kier molecular flexibility index (Phi) is 7.32. The molecule has 7 heteroatoms. The quantitative estimate of drug-likeness (QED) is 0.734. The molecule has 29 heavy (non-hydrogen) atoms. The lowest BCUT2D eigenvalue weighted by atomic mass is 10.2. The average molecular weight is 400 g/mol. The molecule has 1 aliphatic rings. The molecular formula is C22H28N2O5. The second-order valence-corrected chi connectivity index (χ2v) is 6.95. The summed E-state index contributed by atoms with van der Waals surface area (Å²) in [5, 5.41) is 10.4. The summed E-state index contributed by atoms with van der Waals surface area (Å²) < 4.78 is 16.3. The second-order valence-electron chi connectivity index (χ2n) is 6.95. The van der Waals surface area contributed by atoms with Crippen LogP contribution in [-0.4, -0.2) is 73.4 Å². The Hall–Kier alpha value is -2.77. The zero-order valence-electron chi connectivity index (χ0n) is 16.9. The number of furan rings is 1. The van der Waals surface area contributed by atoms with E-state index in [2.05, 4.69) is 4.90 Å². The molecule has 1 atom stereocenters. The number of amides is 1. The maximum absolute atomic E-state index is 12.3. The molecule has 2 aromatic rings. The number of hydrogen-bond acceptors (Lipinski definition) is 6. The maximum Gasteiger partial charge on any atom is 0.289 e. The lowest BCUT2D eigenvalue weighted by Crippen LogP contribution is -2.50. The summed E-state index contributed by atoms with van der Waals surface area (Å²) in [6.45, 7) is 5.23. The maximum atomic E-state index is 12.3. The fourth-order valence-corrected chi connectivity index (χ4v) is 3.33. The molecule has 7 nitrogen and oxygen atoms in total. The Morgan fingerprint density at radius 3 is 2.69 bits per heavy atom. The van der Waals surface area contributed by atoms with Crippen LogP contribution in [0.25, 0.3) is 6.08 Å². The SMILES string of the molecule is CC=Cc1ccc(OCC(O)CN2CCN(C(=O)c3ccco3)CC2)c(OC)c1. The van der Waals surface area contributed by atoms with Crippen molar-refractivity contribution < 1.29 is 23.8 Å². The van der Waals surface area contributed by atoms with Crippen LogP contribution >= 0.6 is 0 Å². The standard InChI is InChI=1S/C22H28N2O5/c1-3-5-17-7-8-19(21(14-17)27-2)29-16-18(25)15-23-9-11-24(12-10-23)22(26)20-6-4-13-28-20/h3-8,13-14,18,25H,9-12,15-16H2,1-2H3. The number of rotatable bonds is 8. The Labute approximate surface area is 171 Å². The molecule has 0 aliphatic carbocycles. The van der Waals surface area contributed by atoms with Crippen LogP contribution in [0.4, 0.5) is 0 Å². The van der Waals surface area contributed by atoms with Gasteiger partial charge in [-0.15, -0.1) is 0 Å². The van der Waals surface area contributed by atoms with Crippen LogP contribution in [0.5, 0.6) is 11.5 Å². The van der Waals surface area contributed by atoms with Crippen LogP contribution in [-0.2, 0) is 0 Å². The predicted molar refractivity (Wildman–Crippen MR) is 110 cm³/mol. The van der Waals surface area contributed by atoms with Crippen LogP contribution in [0.15, 0.2) is 47.1 Å². The van der Waals surface area contributed by atoms with Gasteiger partial charge in [-0.25, -0.2) is 0 Å². The van der Waals surface area contributed by atoms with Crippen molar-refractivity contribution in [3.63, 3.8) is 0 Å². The van der Waals surface area contributed by atoms with Crippen molar-refractivity contribution in [1.29, 1.82) is 0 Å². The van der Waals surface area contributed by atoms with Gasteiger partial charge in [0.1, 0.15) is 12.7 Å². The first-order valence-electron chi connectivity index (χ1n) is 9.77. The first kappa shape index (κ1) is 21.0. The molecule has 1 N–H and O–H groups in total. The molecule has 0 saturated carbocycles. The van der Waals surface area contributed by atoms with E-state index in [4.69, 9.17) is 13.9 Å². The summed E-state index contributed by atoms with van der Waals surface area (Å²) in [5.41, 5.74) is 1.03. The number of hydrogen-bond donors (Lipinski definition) is 1. The van der Waals surface area contributed by atoms with E-state index in [1.54, 1.807) is 24.1 Å². The van der Waals surface area contributed by atoms with Crippen LogP contribution in [0.2, 0.25) is 0 Å². The van der Waals surface area contributed by atoms with Gasteiger partial charge in [-0.3, -0.25) is 9.69 Å². The van der Waals surface area contributed by atoms with E-state index in [1.807, 2.05) is 37.3 Å². The second kappa shape index (κ2) is 10.1. The van der Waals surface area contributed by atoms with Crippen LogP contribution < -0.4 is 9.47 Å². The number of allylic oxidation sites excluding steroid dienone is 1. The van der Waals surface area contributed by atoms with Gasteiger partial charge in [-0.05, 0) is 36.8 Å². The van der Waals surface area contributed by atoms with Crippen molar-refractivity contribution in [1.82, 2.24) is 9.80 Å². The predicted octanol–water partition coefficient (Wildman–Crippen LogP) is 2.52. The largest absolute Gasteiger partial charge is 0.493 e. The zero-order chi connectivity index (χ0) is 20.6. The molecule has 1 aromatic heterocycles. The fraction of sp³-hybridized carbons (Fsp3) is 0.409.